The SMILES string of the molecule is CCOC(=O)C1CCN(C(=NC)NC2CC2c2ccc(C(C)C)cc2)CC1. The molecule has 1 saturated heterocycles. The molecule has 1 aromatic rings. The van der Waals surface area contributed by atoms with E-state index >= 15 is 0 Å². The van der Waals surface area contributed by atoms with Crippen LogP contribution in [0, 0.1) is 5.92 Å². The third-order valence-corrected chi connectivity index (χ3v) is 5.76. The van der Waals surface area contributed by atoms with Crippen molar-refractivity contribution < 1.29 is 9.53 Å². The van der Waals surface area contributed by atoms with E-state index in [0.29, 0.717) is 24.5 Å². The quantitative estimate of drug-likeness (QED) is 0.489. The Morgan fingerprint density at radius 1 is 1.26 bits per heavy atom. The van der Waals surface area contributed by atoms with Crippen molar-refractivity contribution in [1.82, 2.24) is 10.2 Å². The fourth-order valence-corrected chi connectivity index (χ4v) is 3.90. The van der Waals surface area contributed by atoms with Gasteiger partial charge in [0.25, 0.3) is 0 Å². The third-order valence-electron chi connectivity index (χ3n) is 5.76. The lowest BCUT2D eigenvalue weighted by molar-refractivity contribution is -0.149. The minimum Gasteiger partial charge on any atom is -0.466 e. The van der Waals surface area contributed by atoms with E-state index in [4.69, 9.17) is 4.74 Å². The van der Waals surface area contributed by atoms with Gasteiger partial charge in [0, 0.05) is 32.1 Å². The van der Waals surface area contributed by atoms with Crippen LogP contribution < -0.4 is 5.32 Å². The van der Waals surface area contributed by atoms with Crippen LogP contribution in [0.3, 0.4) is 0 Å². The zero-order chi connectivity index (χ0) is 19.4. The van der Waals surface area contributed by atoms with Crippen molar-refractivity contribution in [3.8, 4) is 0 Å². The van der Waals surface area contributed by atoms with Gasteiger partial charge in [-0.2, -0.15) is 0 Å². The van der Waals surface area contributed by atoms with E-state index in [0.717, 1.165) is 38.3 Å². The van der Waals surface area contributed by atoms with Crippen LogP contribution in [0.5, 0.6) is 0 Å². The van der Waals surface area contributed by atoms with Crippen molar-refractivity contribution in [3.05, 3.63) is 35.4 Å². The minimum atomic E-state index is -0.0489. The first kappa shape index (κ1) is 19.7. The van der Waals surface area contributed by atoms with E-state index in [1.807, 2.05) is 14.0 Å². The highest BCUT2D eigenvalue weighted by Crippen LogP contribution is 2.41. The summed E-state index contributed by atoms with van der Waals surface area (Å²) in [4.78, 5) is 18.7. The highest BCUT2D eigenvalue weighted by Gasteiger charge is 2.40. The first-order valence-electron chi connectivity index (χ1n) is 10.3. The fraction of sp³-hybridized carbons (Fsp3) is 0.636. The van der Waals surface area contributed by atoms with Gasteiger partial charge in [0.2, 0.25) is 0 Å². The highest BCUT2D eigenvalue weighted by molar-refractivity contribution is 5.81. The maximum Gasteiger partial charge on any atom is 0.309 e. The van der Waals surface area contributed by atoms with Crippen molar-refractivity contribution in [2.24, 2.45) is 10.9 Å². The number of ether oxygens (including phenoxy) is 1. The van der Waals surface area contributed by atoms with Crippen molar-refractivity contribution in [3.63, 3.8) is 0 Å². The number of carbonyl (C=O) groups is 1. The summed E-state index contributed by atoms with van der Waals surface area (Å²) < 4.78 is 5.16. The molecule has 2 unspecified atom stereocenters. The molecule has 0 bridgehead atoms. The predicted octanol–water partition coefficient (Wildman–Crippen LogP) is 3.52. The molecule has 2 atom stereocenters. The molecule has 1 aliphatic carbocycles. The Balaban J connectivity index is 1.50. The number of hydrogen-bond acceptors (Lipinski definition) is 3. The summed E-state index contributed by atoms with van der Waals surface area (Å²) in [6.07, 6.45) is 2.83. The van der Waals surface area contributed by atoms with E-state index in [9.17, 15) is 4.79 Å². The average Bonchev–Trinajstić information content (AvgIpc) is 3.46. The number of carbonyl (C=O) groups excluding carboxylic acids is 1. The van der Waals surface area contributed by atoms with E-state index in [-0.39, 0.29) is 11.9 Å². The number of aliphatic imine (C=N–C) groups is 1. The summed E-state index contributed by atoms with van der Waals surface area (Å²) in [6.45, 7) is 8.48. The molecule has 2 fully saturated rings. The van der Waals surface area contributed by atoms with Crippen LogP contribution in [0.2, 0.25) is 0 Å². The number of hydrogen-bond donors (Lipinski definition) is 1. The first-order chi connectivity index (χ1) is 13.0. The van der Waals surface area contributed by atoms with Crippen molar-refractivity contribution in [2.75, 3.05) is 26.7 Å². The largest absolute Gasteiger partial charge is 0.466 e. The van der Waals surface area contributed by atoms with Gasteiger partial charge in [-0.25, -0.2) is 0 Å². The number of nitrogens with one attached hydrogen (secondary N) is 1. The van der Waals surface area contributed by atoms with Crippen LogP contribution in [0.4, 0.5) is 0 Å². The molecule has 27 heavy (non-hydrogen) atoms. The van der Waals surface area contributed by atoms with Crippen LogP contribution in [-0.4, -0.2) is 49.6 Å². The Morgan fingerprint density at radius 2 is 1.93 bits per heavy atom. The first-order valence-corrected chi connectivity index (χ1v) is 10.3. The maximum absolute atomic E-state index is 11.9. The highest BCUT2D eigenvalue weighted by atomic mass is 16.5. The van der Waals surface area contributed by atoms with Gasteiger partial charge in [-0.3, -0.25) is 9.79 Å². The van der Waals surface area contributed by atoms with Gasteiger partial charge in [0.15, 0.2) is 5.96 Å². The Hall–Kier alpha value is -2.04. The summed E-state index contributed by atoms with van der Waals surface area (Å²) in [7, 11) is 1.84. The van der Waals surface area contributed by atoms with Gasteiger partial charge >= 0.3 is 5.97 Å². The molecule has 2 aliphatic rings. The summed E-state index contributed by atoms with van der Waals surface area (Å²) in [5.41, 5.74) is 2.80. The molecular formula is C22H33N3O2. The van der Waals surface area contributed by atoms with E-state index in [2.05, 4.69) is 53.3 Å². The molecule has 0 aromatic heterocycles. The Bertz CT molecular complexity index is 661. The van der Waals surface area contributed by atoms with Crippen molar-refractivity contribution in [1.29, 1.82) is 0 Å². The lowest BCUT2D eigenvalue weighted by Gasteiger charge is -2.33. The summed E-state index contributed by atoms with van der Waals surface area (Å²) in [6, 6.07) is 9.51. The van der Waals surface area contributed by atoms with Gasteiger partial charge < -0.3 is 15.0 Å². The predicted molar refractivity (Wildman–Crippen MR) is 109 cm³/mol. The van der Waals surface area contributed by atoms with Crippen LogP contribution in [0.1, 0.15) is 63.0 Å². The molecule has 1 saturated carbocycles. The van der Waals surface area contributed by atoms with Gasteiger partial charge in [-0.05, 0) is 43.2 Å². The number of rotatable bonds is 5. The number of benzene rings is 1. The second-order valence-corrected chi connectivity index (χ2v) is 7.97. The third kappa shape index (κ3) is 4.82. The summed E-state index contributed by atoms with van der Waals surface area (Å²) in [5.74, 6) is 2.09. The van der Waals surface area contributed by atoms with E-state index < -0.39 is 0 Å². The molecule has 5 nitrogen and oxygen atoms in total. The van der Waals surface area contributed by atoms with Crippen LogP contribution >= 0.6 is 0 Å². The van der Waals surface area contributed by atoms with Gasteiger partial charge in [0.1, 0.15) is 0 Å². The Labute approximate surface area is 163 Å². The maximum atomic E-state index is 11.9. The number of piperidine rings is 1. The molecule has 1 N–H and O–H groups in total. The Morgan fingerprint density at radius 3 is 2.48 bits per heavy atom. The van der Waals surface area contributed by atoms with Crippen molar-refractivity contribution in [2.45, 2.75) is 57.9 Å². The second kappa shape index (κ2) is 8.77. The van der Waals surface area contributed by atoms with Gasteiger partial charge in [0.05, 0.1) is 12.5 Å². The molecule has 1 aromatic carbocycles. The lowest BCUT2D eigenvalue weighted by Crippen LogP contribution is -2.47. The van der Waals surface area contributed by atoms with Crippen molar-refractivity contribution >= 4 is 11.9 Å². The zero-order valence-electron chi connectivity index (χ0n) is 17.1. The van der Waals surface area contributed by atoms with E-state index in [1.54, 1.807) is 0 Å². The smallest absolute Gasteiger partial charge is 0.309 e. The van der Waals surface area contributed by atoms with Gasteiger partial charge in [-0.1, -0.05) is 38.1 Å². The average molecular weight is 372 g/mol. The number of likely N-dealkylation sites (tertiary alicyclic amines) is 1. The molecule has 1 aliphatic heterocycles. The molecule has 148 valence electrons. The van der Waals surface area contributed by atoms with Crippen LogP contribution in [0.25, 0.3) is 0 Å². The summed E-state index contributed by atoms with van der Waals surface area (Å²) in [5, 5.41) is 3.63. The second-order valence-electron chi connectivity index (χ2n) is 7.97. The standard InChI is InChI=1S/C22H33N3O2/c1-5-27-21(26)18-10-12-25(13-11-18)22(23-4)24-20-14-19(20)17-8-6-16(7-9-17)15(2)3/h6-9,15,18-20H,5,10-14H2,1-4H3,(H,23,24). The van der Waals surface area contributed by atoms with Gasteiger partial charge in [-0.15, -0.1) is 0 Å². The molecule has 0 radical (unpaired) electrons. The molecule has 5 heteroatoms. The zero-order valence-corrected chi connectivity index (χ0v) is 17.1. The minimum absolute atomic E-state index is 0.0347. The number of nitrogens with zero attached hydrogens (tertiary/aromatic N) is 2. The number of guanidine groups is 1. The number of esters is 1. The normalized spacial score (nSPS) is 23.4. The fourth-order valence-electron chi connectivity index (χ4n) is 3.90. The van der Waals surface area contributed by atoms with E-state index in [1.165, 1.54) is 11.1 Å². The molecular weight excluding hydrogens is 338 g/mol. The molecule has 0 amide bonds. The lowest BCUT2D eigenvalue weighted by atomic mass is 9.97. The van der Waals surface area contributed by atoms with Crippen LogP contribution in [0.15, 0.2) is 29.3 Å². The summed E-state index contributed by atoms with van der Waals surface area (Å²) >= 11 is 0. The molecule has 3 rings (SSSR count). The topological polar surface area (TPSA) is 53.9 Å². The monoisotopic (exact) mass is 371 g/mol. The Kier molecular flexibility index (Phi) is 6.40. The van der Waals surface area contributed by atoms with Crippen LogP contribution in [-0.2, 0) is 9.53 Å². The molecule has 0 spiro atoms. The molecule has 1 heterocycles.